The van der Waals surface area contributed by atoms with Crippen molar-refractivity contribution in [2.45, 2.75) is 26.2 Å². The third kappa shape index (κ3) is 4.85. The molecular weight excluding hydrogens is 330 g/mol. The molecule has 0 radical (unpaired) electrons. The lowest BCUT2D eigenvalue weighted by Crippen LogP contribution is -2.33. The SMILES string of the molecule is COc1ccc(C)cc1N1CC(C(=O)NCCCCN)CC1=O.Cl. The molecule has 1 fully saturated rings. The smallest absolute Gasteiger partial charge is 0.227 e. The van der Waals surface area contributed by atoms with Gasteiger partial charge in [0.15, 0.2) is 0 Å². The fraction of sp³-hybridized carbons (Fsp3) is 0.529. The Morgan fingerprint density at radius 1 is 1.42 bits per heavy atom. The van der Waals surface area contributed by atoms with Crippen LogP contribution in [0.15, 0.2) is 18.2 Å². The molecule has 1 atom stereocenters. The van der Waals surface area contributed by atoms with Gasteiger partial charge in [-0.15, -0.1) is 12.4 Å². The van der Waals surface area contributed by atoms with E-state index in [1.54, 1.807) is 12.0 Å². The number of hydrogen-bond acceptors (Lipinski definition) is 4. The number of amides is 2. The molecule has 1 aliphatic rings. The zero-order valence-electron chi connectivity index (χ0n) is 14.2. The molecule has 1 aromatic rings. The maximum Gasteiger partial charge on any atom is 0.227 e. The van der Waals surface area contributed by atoms with Gasteiger partial charge in [-0.05, 0) is 44.0 Å². The molecule has 0 aliphatic carbocycles. The summed E-state index contributed by atoms with van der Waals surface area (Å²) in [6, 6.07) is 5.70. The van der Waals surface area contributed by atoms with Crippen molar-refractivity contribution in [2.75, 3.05) is 31.6 Å². The first-order valence-electron chi connectivity index (χ1n) is 7.99. The molecule has 1 aromatic carbocycles. The minimum Gasteiger partial charge on any atom is -0.495 e. The number of nitrogens with zero attached hydrogens (tertiary/aromatic N) is 1. The summed E-state index contributed by atoms with van der Waals surface area (Å²) >= 11 is 0. The summed E-state index contributed by atoms with van der Waals surface area (Å²) < 4.78 is 5.34. The molecule has 6 nitrogen and oxygen atoms in total. The monoisotopic (exact) mass is 355 g/mol. The molecule has 1 heterocycles. The first-order chi connectivity index (χ1) is 11.1. The molecule has 134 valence electrons. The second kappa shape index (κ2) is 9.49. The number of benzene rings is 1. The second-order valence-electron chi connectivity index (χ2n) is 5.87. The van der Waals surface area contributed by atoms with Gasteiger partial charge in [-0.2, -0.15) is 0 Å². The van der Waals surface area contributed by atoms with Crippen molar-refractivity contribution in [3.05, 3.63) is 23.8 Å². The van der Waals surface area contributed by atoms with Gasteiger partial charge in [-0.3, -0.25) is 9.59 Å². The maximum absolute atomic E-state index is 12.3. The van der Waals surface area contributed by atoms with E-state index in [0.29, 0.717) is 25.4 Å². The van der Waals surface area contributed by atoms with Gasteiger partial charge in [0.25, 0.3) is 0 Å². The van der Waals surface area contributed by atoms with E-state index >= 15 is 0 Å². The molecule has 24 heavy (non-hydrogen) atoms. The van der Waals surface area contributed by atoms with E-state index in [1.807, 2.05) is 25.1 Å². The molecule has 1 unspecified atom stereocenters. The Morgan fingerprint density at radius 3 is 2.83 bits per heavy atom. The summed E-state index contributed by atoms with van der Waals surface area (Å²) in [4.78, 5) is 26.2. The van der Waals surface area contributed by atoms with Gasteiger partial charge in [0.1, 0.15) is 5.75 Å². The molecular formula is C17H26ClN3O3. The third-order valence-electron chi connectivity index (χ3n) is 4.05. The van der Waals surface area contributed by atoms with Crippen LogP contribution in [-0.2, 0) is 9.59 Å². The number of methoxy groups -OCH3 is 1. The number of nitrogens with two attached hydrogens (primary N) is 1. The number of rotatable bonds is 7. The van der Waals surface area contributed by atoms with Gasteiger partial charge in [0.05, 0.1) is 18.7 Å². The molecule has 2 amide bonds. The number of nitrogens with one attached hydrogen (secondary N) is 1. The van der Waals surface area contributed by atoms with Gasteiger partial charge >= 0.3 is 0 Å². The van der Waals surface area contributed by atoms with Crippen molar-refractivity contribution >= 4 is 29.9 Å². The van der Waals surface area contributed by atoms with E-state index in [2.05, 4.69) is 5.32 Å². The lowest BCUT2D eigenvalue weighted by Gasteiger charge is -2.20. The number of aryl methyl sites for hydroxylation is 1. The van der Waals surface area contributed by atoms with Crippen molar-refractivity contribution < 1.29 is 14.3 Å². The van der Waals surface area contributed by atoms with Gasteiger partial charge in [0.2, 0.25) is 11.8 Å². The Morgan fingerprint density at radius 2 is 2.17 bits per heavy atom. The number of carbonyl (C=O) groups excluding carboxylic acids is 2. The highest BCUT2D eigenvalue weighted by Gasteiger charge is 2.36. The van der Waals surface area contributed by atoms with E-state index in [-0.39, 0.29) is 36.6 Å². The molecule has 0 aromatic heterocycles. The number of anilines is 1. The number of unbranched alkanes of at least 4 members (excludes halogenated alkanes) is 1. The molecule has 0 bridgehead atoms. The predicted octanol–water partition coefficient (Wildman–Crippen LogP) is 1.63. The van der Waals surface area contributed by atoms with Crippen molar-refractivity contribution in [1.82, 2.24) is 5.32 Å². The fourth-order valence-corrected chi connectivity index (χ4v) is 2.75. The van der Waals surface area contributed by atoms with Gasteiger partial charge in [-0.1, -0.05) is 6.07 Å². The largest absolute Gasteiger partial charge is 0.495 e. The summed E-state index contributed by atoms with van der Waals surface area (Å²) in [6.45, 7) is 3.58. The Hall–Kier alpha value is -1.79. The second-order valence-corrected chi connectivity index (χ2v) is 5.87. The molecule has 0 saturated carbocycles. The van der Waals surface area contributed by atoms with Crippen molar-refractivity contribution in [2.24, 2.45) is 11.7 Å². The fourth-order valence-electron chi connectivity index (χ4n) is 2.75. The van der Waals surface area contributed by atoms with Crippen LogP contribution in [0.5, 0.6) is 5.75 Å². The number of ether oxygens (including phenoxy) is 1. The topological polar surface area (TPSA) is 84.7 Å². The van der Waals surface area contributed by atoms with Crippen molar-refractivity contribution in [3.63, 3.8) is 0 Å². The van der Waals surface area contributed by atoms with Crippen LogP contribution in [0.25, 0.3) is 0 Å². The molecule has 3 N–H and O–H groups in total. The minimum absolute atomic E-state index is 0. The van der Waals surface area contributed by atoms with Crippen molar-refractivity contribution in [3.8, 4) is 5.75 Å². The first kappa shape index (κ1) is 20.3. The van der Waals surface area contributed by atoms with Crippen LogP contribution in [0.4, 0.5) is 5.69 Å². The van der Waals surface area contributed by atoms with Gasteiger partial charge in [0, 0.05) is 19.5 Å². The zero-order chi connectivity index (χ0) is 16.8. The van der Waals surface area contributed by atoms with Crippen molar-refractivity contribution in [1.29, 1.82) is 0 Å². The molecule has 1 aliphatic heterocycles. The van der Waals surface area contributed by atoms with E-state index in [4.69, 9.17) is 10.5 Å². The average Bonchev–Trinajstić information content (AvgIpc) is 2.93. The zero-order valence-corrected chi connectivity index (χ0v) is 15.0. The predicted molar refractivity (Wildman–Crippen MR) is 96.7 cm³/mol. The van der Waals surface area contributed by atoms with Gasteiger partial charge < -0.3 is 20.7 Å². The third-order valence-corrected chi connectivity index (χ3v) is 4.05. The number of halogens is 1. The highest BCUT2D eigenvalue weighted by Crippen LogP contribution is 2.33. The van der Waals surface area contributed by atoms with E-state index < -0.39 is 0 Å². The maximum atomic E-state index is 12.3. The van der Waals surface area contributed by atoms with Crippen LogP contribution >= 0.6 is 12.4 Å². The summed E-state index contributed by atoms with van der Waals surface area (Å²) in [5, 5.41) is 2.89. The molecule has 7 heteroatoms. The van der Waals surface area contributed by atoms with Crippen LogP contribution < -0.4 is 20.7 Å². The average molecular weight is 356 g/mol. The molecule has 1 saturated heterocycles. The summed E-state index contributed by atoms with van der Waals surface area (Å²) in [5.41, 5.74) is 7.21. The molecule has 2 rings (SSSR count). The standard InChI is InChI=1S/C17H25N3O3.ClH/c1-12-5-6-15(23-2)14(9-12)20-11-13(10-16(20)21)17(22)19-8-4-3-7-18;/h5-6,9,13H,3-4,7-8,10-11,18H2,1-2H3,(H,19,22);1H. The lowest BCUT2D eigenvalue weighted by molar-refractivity contribution is -0.126. The number of hydrogen-bond donors (Lipinski definition) is 2. The Labute approximate surface area is 149 Å². The Kier molecular flexibility index (Phi) is 8.01. The van der Waals surface area contributed by atoms with E-state index in [9.17, 15) is 9.59 Å². The number of carbonyl (C=O) groups is 2. The van der Waals surface area contributed by atoms with Crippen LogP contribution in [0.3, 0.4) is 0 Å². The minimum atomic E-state index is -0.314. The lowest BCUT2D eigenvalue weighted by atomic mass is 10.1. The van der Waals surface area contributed by atoms with E-state index in [0.717, 1.165) is 24.1 Å². The summed E-state index contributed by atoms with van der Waals surface area (Å²) in [6.07, 6.45) is 1.98. The Balaban J connectivity index is 0.00000288. The summed E-state index contributed by atoms with van der Waals surface area (Å²) in [7, 11) is 1.58. The van der Waals surface area contributed by atoms with Crippen LogP contribution in [0, 0.1) is 12.8 Å². The first-order valence-corrected chi connectivity index (χ1v) is 7.99. The van der Waals surface area contributed by atoms with Crippen LogP contribution in [0.2, 0.25) is 0 Å². The van der Waals surface area contributed by atoms with E-state index in [1.165, 1.54) is 0 Å². The summed E-state index contributed by atoms with van der Waals surface area (Å²) in [5.74, 6) is 0.221. The molecule has 0 spiro atoms. The van der Waals surface area contributed by atoms with Gasteiger partial charge in [-0.25, -0.2) is 0 Å². The highest BCUT2D eigenvalue weighted by atomic mass is 35.5. The highest BCUT2D eigenvalue weighted by molar-refractivity contribution is 6.01. The van der Waals surface area contributed by atoms with Crippen LogP contribution in [0.1, 0.15) is 24.8 Å². The quantitative estimate of drug-likeness (QED) is 0.728. The Bertz CT molecular complexity index is 580. The normalized spacial score (nSPS) is 16.7. The van der Waals surface area contributed by atoms with Crippen LogP contribution in [-0.4, -0.2) is 38.6 Å².